The van der Waals surface area contributed by atoms with Gasteiger partial charge in [-0.25, -0.2) is 9.78 Å². The summed E-state index contributed by atoms with van der Waals surface area (Å²) in [6.45, 7) is 0. The highest BCUT2D eigenvalue weighted by molar-refractivity contribution is 9.10. The van der Waals surface area contributed by atoms with Crippen molar-refractivity contribution in [3.8, 4) is 11.3 Å². The number of ether oxygens (including phenoxy) is 1. The van der Waals surface area contributed by atoms with Crippen LogP contribution in [-0.2, 0) is 4.74 Å². The van der Waals surface area contributed by atoms with Crippen LogP contribution >= 0.6 is 15.9 Å². The molecule has 0 aliphatic heterocycles. The Morgan fingerprint density at radius 3 is 2.47 bits per heavy atom. The average molecular weight is 461 g/mol. The number of rotatable bonds is 4. The number of methoxy groups -OCH3 is 1. The molecule has 0 unspecified atom stereocenters. The van der Waals surface area contributed by atoms with Gasteiger partial charge in [-0.15, -0.1) is 0 Å². The molecule has 1 aromatic heterocycles. The number of hydrogen-bond acceptors (Lipinski definition) is 4. The van der Waals surface area contributed by atoms with Gasteiger partial charge in [0.15, 0.2) is 0 Å². The van der Waals surface area contributed by atoms with Gasteiger partial charge in [-0.05, 0) is 36.4 Å². The van der Waals surface area contributed by atoms with Gasteiger partial charge in [0.05, 0.1) is 35.1 Å². The lowest BCUT2D eigenvalue weighted by atomic mass is 10.0. The van der Waals surface area contributed by atoms with Crippen molar-refractivity contribution in [1.82, 2.24) is 4.98 Å². The van der Waals surface area contributed by atoms with Crippen molar-refractivity contribution in [2.75, 3.05) is 12.4 Å². The van der Waals surface area contributed by atoms with Crippen molar-refractivity contribution >= 4 is 44.4 Å². The van der Waals surface area contributed by atoms with E-state index in [0.29, 0.717) is 28.0 Å². The third-order valence-corrected chi connectivity index (χ3v) is 5.16. The number of anilines is 1. The van der Waals surface area contributed by atoms with Crippen LogP contribution in [0.3, 0.4) is 0 Å². The minimum absolute atomic E-state index is 0.291. The van der Waals surface area contributed by atoms with Gasteiger partial charge in [0.2, 0.25) is 0 Å². The van der Waals surface area contributed by atoms with E-state index in [2.05, 4.69) is 21.2 Å². The van der Waals surface area contributed by atoms with Crippen LogP contribution in [0, 0.1) is 0 Å². The van der Waals surface area contributed by atoms with Crippen molar-refractivity contribution < 1.29 is 14.3 Å². The number of halogens is 1. The molecule has 148 valence electrons. The Balaban J connectivity index is 1.80. The van der Waals surface area contributed by atoms with Crippen LogP contribution in [0.4, 0.5) is 5.69 Å². The Kier molecular flexibility index (Phi) is 5.59. The number of carbonyl (C=O) groups is 2. The molecular weight excluding hydrogens is 444 g/mol. The molecule has 0 saturated carbocycles. The second kappa shape index (κ2) is 8.47. The summed E-state index contributed by atoms with van der Waals surface area (Å²) in [5, 5.41) is 3.57. The average Bonchev–Trinajstić information content (AvgIpc) is 2.78. The van der Waals surface area contributed by atoms with Crippen LogP contribution in [0.5, 0.6) is 0 Å². The van der Waals surface area contributed by atoms with Crippen molar-refractivity contribution in [3.63, 3.8) is 0 Å². The van der Waals surface area contributed by atoms with Gasteiger partial charge in [0.1, 0.15) is 0 Å². The third-order valence-electron chi connectivity index (χ3n) is 4.66. The maximum atomic E-state index is 13.2. The quantitative estimate of drug-likeness (QED) is 0.396. The van der Waals surface area contributed by atoms with Gasteiger partial charge in [0, 0.05) is 15.4 Å². The molecule has 0 radical (unpaired) electrons. The summed E-state index contributed by atoms with van der Waals surface area (Å²) < 4.78 is 5.74. The number of nitrogens with one attached hydrogen (secondary N) is 1. The number of hydrogen-bond donors (Lipinski definition) is 1. The predicted molar refractivity (Wildman–Crippen MR) is 121 cm³/mol. The summed E-state index contributed by atoms with van der Waals surface area (Å²) in [5.41, 5.74) is 3.43. The molecule has 3 aromatic carbocycles. The maximum Gasteiger partial charge on any atom is 0.339 e. The van der Waals surface area contributed by atoms with E-state index in [1.807, 2.05) is 48.5 Å². The Morgan fingerprint density at radius 1 is 0.900 bits per heavy atom. The number of amides is 1. The first kappa shape index (κ1) is 19.8. The summed E-state index contributed by atoms with van der Waals surface area (Å²) in [6.07, 6.45) is 0. The van der Waals surface area contributed by atoms with E-state index in [0.717, 1.165) is 15.4 Å². The predicted octanol–water partition coefficient (Wildman–Crippen LogP) is 5.70. The zero-order valence-electron chi connectivity index (χ0n) is 16.1. The van der Waals surface area contributed by atoms with Crippen molar-refractivity contribution in [3.05, 3.63) is 94.5 Å². The molecule has 1 N–H and O–H groups in total. The molecule has 0 saturated heterocycles. The fourth-order valence-electron chi connectivity index (χ4n) is 3.23. The molecule has 0 aliphatic carbocycles. The first-order valence-corrected chi connectivity index (χ1v) is 10.0. The molecule has 1 heterocycles. The first-order valence-electron chi connectivity index (χ1n) is 9.21. The van der Waals surface area contributed by atoms with E-state index in [1.165, 1.54) is 7.11 Å². The Morgan fingerprint density at radius 2 is 1.67 bits per heavy atom. The molecule has 0 spiro atoms. The van der Waals surface area contributed by atoms with Crippen LogP contribution < -0.4 is 5.32 Å². The van der Waals surface area contributed by atoms with Crippen LogP contribution in [0.1, 0.15) is 20.7 Å². The number of para-hydroxylation sites is 2. The molecule has 4 aromatic rings. The van der Waals surface area contributed by atoms with Crippen molar-refractivity contribution in [2.24, 2.45) is 0 Å². The van der Waals surface area contributed by atoms with E-state index >= 15 is 0 Å². The van der Waals surface area contributed by atoms with Gasteiger partial charge in [-0.3, -0.25) is 4.79 Å². The standard InChI is InChI=1S/C24H17BrN2O3/c1-30-24(29)18-10-3-5-12-21(18)27-23(28)19-14-22(15-7-6-8-16(25)13-15)26-20-11-4-2-9-17(19)20/h2-14H,1H3,(H,27,28). The van der Waals surface area contributed by atoms with Crippen molar-refractivity contribution in [1.29, 1.82) is 0 Å². The number of nitrogens with zero attached hydrogens (tertiary/aromatic N) is 1. The van der Waals surface area contributed by atoms with E-state index in [9.17, 15) is 9.59 Å². The fourth-order valence-corrected chi connectivity index (χ4v) is 3.63. The van der Waals surface area contributed by atoms with E-state index in [1.54, 1.807) is 30.3 Å². The summed E-state index contributed by atoms with van der Waals surface area (Å²) in [6, 6.07) is 23.7. The molecule has 0 bridgehead atoms. The van der Waals surface area contributed by atoms with E-state index in [-0.39, 0.29) is 5.91 Å². The molecule has 0 fully saturated rings. The number of pyridine rings is 1. The number of esters is 1. The highest BCUT2D eigenvalue weighted by Crippen LogP contribution is 2.27. The zero-order valence-corrected chi connectivity index (χ0v) is 17.6. The SMILES string of the molecule is COC(=O)c1ccccc1NC(=O)c1cc(-c2cccc(Br)c2)nc2ccccc12. The number of aromatic nitrogens is 1. The van der Waals surface area contributed by atoms with Crippen LogP contribution in [0.15, 0.2) is 83.3 Å². The lowest BCUT2D eigenvalue weighted by Crippen LogP contribution is -2.16. The minimum atomic E-state index is -0.514. The normalized spacial score (nSPS) is 10.6. The topological polar surface area (TPSA) is 68.3 Å². The number of benzene rings is 3. The number of fused-ring (bicyclic) bond motifs is 1. The largest absolute Gasteiger partial charge is 0.465 e. The highest BCUT2D eigenvalue weighted by atomic mass is 79.9. The van der Waals surface area contributed by atoms with Gasteiger partial charge in [0.25, 0.3) is 5.91 Å². The molecule has 0 aliphatic rings. The summed E-state index contributed by atoms with van der Waals surface area (Å²) in [4.78, 5) is 30.0. The lowest BCUT2D eigenvalue weighted by molar-refractivity contribution is 0.0602. The third kappa shape index (κ3) is 3.95. The van der Waals surface area contributed by atoms with Gasteiger partial charge >= 0.3 is 5.97 Å². The van der Waals surface area contributed by atoms with E-state index < -0.39 is 5.97 Å². The molecule has 6 heteroatoms. The second-order valence-electron chi connectivity index (χ2n) is 6.57. The lowest BCUT2D eigenvalue weighted by Gasteiger charge is -2.12. The molecule has 0 atom stereocenters. The molecule has 5 nitrogen and oxygen atoms in total. The molecule has 1 amide bonds. The summed E-state index contributed by atoms with van der Waals surface area (Å²) in [5.74, 6) is -0.846. The fraction of sp³-hybridized carbons (Fsp3) is 0.0417. The Labute approximate surface area is 181 Å². The minimum Gasteiger partial charge on any atom is -0.465 e. The smallest absolute Gasteiger partial charge is 0.339 e. The molecular formula is C24H17BrN2O3. The van der Waals surface area contributed by atoms with Gasteiger partial charge in [-0.2, -0.15) is 0 Å². The summed E-state index contributed by atoms with van der Waals surface area (Å²) >= 11 is 3.48. The summed E-state index contributed by atoms with van der Waals surface area (Å²) in [7, 11) is 1.31. The van der Waals surface area contributed by atoms with E-state index in [4.69, 9.17) is 9.72 Å². The second-order valence-corrected chi connectivity index (χ2v) is 7.49. The molecule has 4 rings (SSSR count). The highest BCUT2D eigenvalue weighted by Gasteiger charge is 2.17. The number of carbonyl (C=O) groups excluding carboxylic acids is 2. The van der Waals surface area contributed by atoms with Crippen LogP contribution in [0.2, 0.25) is 0 Å². The van der Waals surface area contributed by atoms with Crippen LogP contribution in [0.25, 0.3) is 22.2 Å². The van der Waals surface area contributed by atoms with Crippen molar-refractivity contribution in [2.45, 2.75) is 0 Å². The Hall–Kier alpha value is -3.51. The monoisotopic (exact) mass is 460 g/mol. The van der Waals surface area contributed by atoms with Crippen LogP contribution in [-0.4, -0.2) is 24.0 Å². The maximum absolute atomic E-state index is 13.2. The Bertz CT molecular complexity index is 1270. The first-order chi connectivity index (χ1) is 14.6. The van der Waals surface area contributed by atoms with Gasteiger partial charge in [-0.1, -0.05) is 58.4 Å². The molecule has 30 heavy (non-hydrogen) atoms. The zero-order chi connectivity index (χ0) is 21.1. The van der Waals surface area contributed by atoms with Gasteiger partial charge < -0.3 is 10.1 Å².